The minimum atomic E-state index is -0.0893. The Morgan fingerprint density at radius 2 is 1.78 bits per heavy atom. The smallest absolute Gasteiger partial charge is 0.200 e. The number of aromatic nitrogens is 2. The van der Waals surface area contributed by atoms with Crippen molar-refractivity contribution in [1.82, 2.24) is 9.97 Å². The third-order valence-corrected chi connectivity index (χ3v) is 4.49. The standard InChI is InChI=1S/C20H15ClN4O2/c21-19-17(22)20(25-11-24-19)23-10-15-16(12-6-2-1-3-7-12)18(26)13-8-4-5-9-14(13)27-15/h1-9,11H,10,22H2,(H,23,24,25). The van der Waals surface area contributed by atoms with Crippen molar-refractivity contribution in [3.63, 3.8) is 0 Å². The highest BCUT2D eigenvalue weighted by atomic mass is 35.5. The van der Waals surface area contributed by atoms with Crippen LogP contribution in [-0.4, -0.2) is 9.97 Å². The Bertz CT molecular complexity index is 1180. The first-order valence-corrected chi connectivity index (χ1v) is 8.63. The average molecular weight is 379 g/mol. The molecule has 0 spiro atoms. The van der Waals surface area contributed by atoms with Crippen LogP contribution in [0, 0.1) is 0 Å². The van der Waals surface area contributed by atoms with E-state index in [2.05, 4.69) is 15.3 Å². The lowest BCUT2D eigenvalue weighted by atomic mass is 10.0. The van der Waals surface area contributed by atoms with E-state index in [4.69, 9.17) is 21.8 Å². The molecule has 0 aliphatic heterocycles. The predicted molar refractivity (Wildman–Crippen MR) is 107 cm³/mol. The summed E-state index contributed by atoms with van der Waals surface area (Å²) in [7, 11) is 0. The number of hydrogen-bond acceptors (Lipinski definition) is 6. The maximum atomic E-state index is 13.1. The molecule has 0 amide bonds. The van der Waals surface area contributed by atoms with Gasteiger partial charge in [-0.25, -0.2) is 9.97 Å². The molecule has 27 heavy (non-hydrogen) atoms. The molecule has 134 valence electrons. The molecule has 2 aromatic heterocycles. The van der Waals surface area contributed by atoms with E-state index in [1.54, 1.807) is 12.1 Å². The maximum absolute atomic E-state index is 13.1. The van der Waals surface area contributed by atoms with Crippen molar-refractivity contribution in [2.24, 2.45) is 0 Å². The first kappa shape index (κ1) is 17.1. The average Bonchev–Trinajstić information content (AvgIpc) is 2.70. The van der Waals surface area contributed by atoms with E-state index in [0.717, 1.165) is 5.56 Å². The molecular weight excluding hydrogens is 364 g/mol. The molecular formula is C20H15ClN4O2. The van der Waals surface area contributed by atoms with Crippen LogP contribution in [0.3, 0.4) is 0 Å². The van der Waals surface area contributed by atoms with Crippen molar-refractivity contribution in [3.05, 3.63) is 82.1 Å². The first-order chi connectivity index (χ1) is 13.1. The number of para-hydroxylation sites is 1. The van der Waals surface area contributed by atoms with Crippen molar-refractivity contribution in [3.8, 4) is 11.1 Å². The van der Waals surface area contributed by atoms with Gasteiger partial charge in [0.05, 0.1) is 17.5 Å². The molecule has 2 aromatic carbocycles. The number of nitrogens with two attached hydrogens (primary N) is 1. The van der Waals surface area contributed by atoms with Crippen molar-refractivity contribution in [1.29, 1.82) is 0 Å². The van der Waals surface area contributed by atoms with Crippen molar-refractivity contribution >= 4 is 34.1 Å². The van der Waals surface area contributed by atoms with Gasteiger partial charge in [0.1, 0.15) is 23.4 Å². The summed E-state index contributed by atoms with van der Waals surface area (Å²) >= 11 is 5.94. The topological polar surface area (TPSA) is 94.0 Å². The Morgan fingerprint density at radius 3 is 2.59 bits per heavy atom. The molecule has 0 radical (unpaired) electrons. The first-order valence-electron chi connectivity index (χ1n) is 8.25. The number of nitrogens with one attached hydrogen (secondary N) is 1. The Labute approximate surface area is 159 Å². The van der Waals surface area contributed by atoms with Gasteiger partial charge in [0, 0.05) is 0 Å². The summed E-state index contributed by atoms with van der Waals surface area (Å²) in [6.07, 6.45) is 1.32. The number of nitrogen functional groups attached to an aromatic ring is 1. The minimum Gasteiger partial charge on any atom is -0.458 e. The SMILES string of the molecule is Nc1c(Cl)ncnc1NCc1oc2ccccc2c(=O)c1-c1ccccc1. The fourth-order valence-corrected chi connectivity index (χ4v) is 3.02. The third-order valence-electron chi connectivity index (χ3n) is 4.18. The summed E-state index contributed by atoms with van der Waals surface area (Å²) in [5.41, 5.74) is 7.86. The molecule has 4 aromatic rings. The highest BCUT2D eigenvalue weighted by molar-refractivity contribution is 6.32. The minimum absolute atomic E-state index is 0.0893. The van der Waals surface area contributed by atoms with E-state index in [0.29, 0.717) is 28.1 Å². The quantitative estimate of drug-likeness (QED) is 0.519. The van der Waals surface area contributed by atoms with Crippen LogP contribution in [0.15, 0.2) is 70.1 Å². The van der Waals surface area contributed by atoms with Crippen LogP contribution >= 0.6 is 11.6 Å². The van der Waals surface area contributed by atoms with Gasteiger partial charge < -0.3 is 15.5 Å². The van der Waals surface area contributed by atoms with E-state index >= 15 is 0 Å². The second-order valence-electron chi connectivity index (χ2n) is 5.87. The second-order valence-corrected chi connectivity index (χ2v) is 6.23. The molecule has 0 aliphatic carbocycles. The zero-order valence-corrected chi connectivity index (χ0v) is 14.9. The van der Waals surface area contributed by atoms with Gasteiger partial charge in [0.25, 0.3) is 0 Å². The van der Waals surface area contributed by atoms with Crippen molar-refractivity contribution in [2.75, 3.05) is 11.1 Å². The van der Waals surface area contributed by atoms with Crippen molar-refractivity contribution in [2.45, 2.75) is 6.54 Å². The van der Waals surface area contributed by atoms with E-state index < -0.39 is 0 Å². The lowest BCUT2D eigenvalue weighted by Crippen LogP contribution is -2.13. The van der Waals surface area contributed by atoms with Gasteiger partial charge in [0.15, 0.2) is 11.0 Å². The molecule has 6 nitrogen and oxygen atoms in total. The lowest BCUT2D eigenvalue weighted by molar-refractivity contribution is 0.548. The summed E-state index contributed by atoms with van der Waals surface area (Å²) in [6, 6.07) is 16.6. The zero-order valence-electron chi connectivity index (χ0n) is 14.1. The Kier molecular flexibility index (Phi) is 4.48. The number of fused-ring (bicyclic) bond motifs is 1. The number of nitrogens with zero attached hydrogens (tertiary/aromatic N) is 2. The third kappa shape index (κ3) is 3.22. The van der Waals surface area contributed by atoms with E-state index in [9.17, 15) is 4.79 Å². The van der Waals surface area contributed by atoms with E-state index in [1.165, 1.54) is 6.33 Å². The summed E-state index contributed by atoms with van der Waals surface area (Å²) in [6.45, 7) is 0.210. The van der Waals surface area contributed by atoms with Crippen LogP contribution in [0.2, 0.25) is 5.15 Å². The summed E-state index contributed by atoms with van der Waals surface area (Å²) in [4.78, 5) is 21.0. The predicted octanol–water partition coefficient (Wildman–Crippen LogP) is 4.10. The van der Waals surface area contributed by atoms with Gasteiger partial charge in [-0.05, 0) is 17.7 Å². The van der Waals surface area contributed by atoms with Gasteiger partial charge >= 0.3 is 0 Å². The van der Waals surface area contributed by atoms with Crippen LogP contribution in [0.4, 0.5) is 11.5 Å². The number of benzene rings is 2. The molecule has 3 N–H and O–H groups in total. The highest BCUT2D eigenvalue weighted by Gasteiger charge is 2.16. The highest BCUT2D eigenvalue weighted by Crippen LogP contribution is 2.27. The summed E-state index contributed by atoms with van der Waals surface area (Å²) in [5, 5.41) is 3.77. The Hall–Kier alpha value is -3.38. The van der Waals surface area contributed by atoms with Crippen molar-refractivity contribution < 1.29 is 4.42 Å². The largest absolute Gasteiger partial charge is 0.458 e. The summed E-state index contributed by atoms with van der Waals surface area (Å²) in [5.74, 6) is 0.865. The molecule has 0 saturated carbocycles. The molecule has 7 heteroatoms. The maximum Gasteiger partial charge on any atom is 0.200 e. The summed E-state index contributed by atoms with van der Waals surface area (Å²) < 4.78 is 6.04. The molecule has 2 heterocycles. The number of halogens is 1. The molecule has 0 bridgehead atoms. The van der Waals surface area contributed by atoms with Crippen LogP contribution in [-0.2, 0) is 6.54 Å². The Morgan fingerprint density at radius 1 is 1.04 bits per heavy atom. The van der Waals surface area contributed by atoms with Gasteiger partial charge in [-0.15, -0.1) is 0 Å². The molecule has 0 aliphatic rings. The molecule has 4 rings (SSSR count). The van der Waals surface area contributed by atoms with Crippen LogP contribution in [0.1, 0.15) is 5.76 Å². The fraction of sp³-hybridized carbons (Fsp3) is 0.0500. The number of hydrogen-bond donors (Lipinski definition) is 2. The van der Waals surface area contributed by atoms with E-state index in [-0.39, 0.29) is 22.8 Å². The Balaban J connectivity index is 1.83. The van der Waals surface area contributed by atoms with Crippen LogP contribution in [0.25, 0.3) is 22.1 Å². The molecule has 0 atom stereocenters. The lowest BCUT2D eigenvalue weighted by Gasteiger charge is -2.12. The normalized spacial score (nSPS) is 10.9. The zero-order chi connectivity index (χ0) is 18.8. The van der Waals surface area contributed by atoms with Gasteiger partial charge in [-0.3, -0.25) is 4.79 Å². The van der Waals surface area contributed by atoms with Gasteiger partial charge in [-0.1, -0.05) is 54.1 Å². The number of anilines is 2. The number of rotatable bonds is 4. The molecule has 0 saturated heterocycles. The molecule has 0 fully saturated rings. The van der Waals surface area contributed by atoms with Gasteiger partial charge in [-0.2, -0.15) is 0 Å². The van der Waals surface area contributed by atoms with Crippen LogP contribution in [0.5, 0.6) is 0 Å². The van der Waals surface area contributed by atoms with Crippen LogP contribution < -0.4 is 16.5 Å². The van der Waals surface area contributed by atoms with E-state index in [1.807, 2.05) is 42.5 Å². The monoisotopic (exact) mass is 378 g/mol. The fourth-order valence-electron chi connectivity index (χ4n) is 2.89. The molecule has 0 unspecified atom stereocenters. The van der Waals surface area contributed by atoms with Gasteiger partial charge in [0.2, 0.25) is 5.43 Å². The second kappa shape index (κ2) is 7.09.